The van der Waals surface area contributed by atoms with Crippen molar-refractivity contribution in [3.8, 4) is 11.4 Å². The molecule has 0 amide bonds. The number of fused-ring (bicyclic) bond motifs is 1. The molecule has 4 rings (SSSR count). The Morgan fingerprint density at radius 2 is 1.83 bits per heavy atom. The van der Waals surface area contributed by atoms with Gasteiger partial charge >= 0.3 is 0 Å². The molecule has 1 aliphatic rings. The third kappa shape index (κ3) is 2.52. The van der Waals surface area contributed by atoms with Gasteiger partial charge in [0.1, 0.15) is 5.75 Å². The van der Waals surface area contributed by atoms with Gasteiger partial charge in [-0.3, -0.25) is 0 Å². The first-order valence-corrected chi connectivity index (χ1v) is 9.62. The van der Waals surface area contributed by atoms with Gasteiger partial charge in [0.2, 0.25) is 0 Å². The molecule has 23 heavy (non-hydrogen) atoms. The molecule has 1 aliphatic heterocycles. The highest BCUT2D eigenvalue weighted by Crippen LogP contribution is 2.46. The fourth-order valence-corrected chi connectivity index (χ4v) is 5.12. The molecule has 0 spiro atoms. The van der Waals surface area contributed by atoms with Crippen molar-refractivity contribution in [1.29, 1.82) is 0 Å². The molecule has 4 heteroatoms. The van der Waals surface area contributed by atoms with Crippen LogP contribution in [0.4, 0.5) is 0 Å². The Morgan fingerprint density at radius 1 is 1.04 bits per heavy atom. The summed E-state index contributed by atoms with van der Waals surface area (Å²) < 4.78 is 8.56. The second-order valence-electron chi connectivity index (χ2n) is 5.31. The van der Waals surface area contributed by atoms with E-state index < -0.39 is 0 Å². The van der Waals surface area contributed by atoms with Crippen LogP contribution in [0.5, 0.6) is 5.75 Å². The number of nitrogens with zero attached hydrogens (tertiary/aromatic N) is 1. The number of benzene rings is 2. The zero-order valence-corrected chi connectivity index (χ0v) is 15.1. The second kappa shape index (κ2) is 5.95. The predicted octanol–water partition coefficient (Wildman–Crippen LogP) is 5.80. The summed E-state index contributed by atoms with van der Waals surface area (Å²) in [7, 11) is 1.34. The van der Waals surface area contributed by atoms with Crippen LogP contribution in [0.3, 0.4) is 0 Å². The SMILES string of the molecule is COc1ccc(-n2cc([SH]3C=CC=C3)c3ccccc32)cc1Br. The van der Waals surface area contributed by atoms with Crippen LogP contribution in [0.1, 0.15) is 0 Å². The minimum atomic E-state index is -0.345. The van der Waals surface area contributed by atoms with E-state index in [0.29, 0.717) is 0 Å². The second-order valence-corrected chi connectivity index (χ2v) is 8.06. The molecule has 1 aromatic heterocycles. The first-order chi connectivity index (χ1) is 11.3. The highest BCUT2D eigenvalue weighted by molar-refractivity contribution is 9.10. The summed E-state index contributed by atoms with van der Waals surface area (Å²) in [5, 5.41) is 5.92. The van der Waals surface area contributed by atoms with Gasteiger partial charge in [-0.2, -0.15) is 10.9 Å². The number of ether oxygens (including phenoxy) is 1. The van der Waals surface area contributed by atoms with Crippen LogP contribution in [-0.2, 0) is 0 Å². The first kappa shape index (κ1) is 14.7. The van der Waals surface area contributed by atoms with Crippen molar-refractivity contribution >= 4 is 37.7 Å². The number of rotatable bonds is 3. The number of hydrogen-bond donors (Lipinski definition) is 1. The molecular weight excluding hydrogens is 370 g/mol. The smallest absolute Gasteiger partial charge is 0.133 e. The highest BCUT2D eigenvalue weighted by atomic mass is 79.9. The Balaban J connectivity index is 1.92. The average Bonchev–Trinajstić information content (AvgIpc) is 3.22. The van der Waals surface area contributed by atoms with Gasteiger partial charge in [-0.1, -0.05) is 30.4 Å². The minimum absolute atomic E-state index is 0.345. The van der Waals surface area contributed by atoms with Crippen molar-refractivity contribution in [2.75, 3.05) is 7.11 Å². The van der Waals surface area contributed by atoms with Crippen LogP contribution in [0, 0.1) is 0 Å². The Hall–Kier alpha value is -1.91. The number of aromatic nitrogens is 1. The monoisotopic (exact) mass is 385 g/mol. The van der Waals surface area contributed by atoms with E-state index in [9.17, 15) is 0 Å². The maximum atomic E-state index is 5.34. The summed E-state index contributed by atoms with van der Waals surface area (Å²) in [5.74, 6) is 0.844. The lowest BCUT2D eigenvalue weighted by Gasteiger charge is -2.09. The Bertz CT molecular complexity index is 930. The Kier molecular flexibility index (Phi) is 3.79. The quantitative estimate of drug-likeness (QED) is 0.562. The average molecular weight is 386 g/mol. The van der Waals surface area contributed by atoms with Crippen LogP contribution in [0.25, 0.3) is 16.6 Å². The van der Waals surface area contributed by atoms with Gasteiger partial charge in [-0.25, -0.2) is 0 Å². The van der Waals surface area contributed by atoms with E-state index in [2.05, 4.69) is 86.1 Å². The zero-order chi connectivity index (χ0) is 15.8. The number of thiol groups is 1. The molecule has 2 heterocycles. The Morgan fingerprint density at radius 3 is 2.57 bits per heavy atom. The minimum Gasteiger partial charge on any atom is -0.496 e. The molecule has 0 N–H and O–H groups in total. The molecule has 0 atom stereocenters. The topological polar surface area (TPSA) is 14.2 Å². The normalized spacial score (nSPS) is 14.8. The lowest BCUT2D eigenvalue weighted by molar-refractivity contribution is 0.412. The number of methoxy groups -OCH3 is 1. The first-order valence-electron chi connectivity index (χ1n) is 7.35. The molecule has 0 aliphatic carbocycles. The molecule has 2 aromatic carbocycles. The molecule has 0 unspecified atom stereocenters. The van der Waals surface area contributed by atoms with Crippen LogP contribution in [0.2, 0.25) is 0 Å². The van der Waals surface area contributed by atoms with Crippen LogP contribution >= 0.6 is 26.8 Å². The molecule has 3 aromatic rings. The van der Waals surface area contributed by atoms with Gasteiger partial charge in [-0.05, 0) is 51.0 Å². The van der Waals surface area contributed by atoms with Crippen molar-refractivity contribution < 1.29 is 4.74 Å². The number of para-hydroxylation sites is 1. The lowest BCUT2D eigenvalue weighted by Crippen LogP contribution is -1.93. The van der Waals surface area contributed by atoms with Gasteiger partial charge in [0.25, 0.3) is 0 Å². The van der Waals surface area contributed by atoms with Gasteiger partial charge < -0.3 is 9.30 Å². The third-order valence-corrected chi connectivity index (χ3v) is 6.51. The molecule has 0 saturated heterocycles. The van der Waals surface area contributed by atoms with Gasteiger partial charge in [0.15, 0.2) is 0 Å². The van der Waals surface area contributed by atoms with Crippen molar-refractivity contribution in [1.82, 2.24) is 4.57 Å². The van der Waals surface area contributed by atoms with Crippen molar-refractivity contribution in [2.45, 2.75) is 4.90 Å². The van der Waals surface area contributed by atoms with E-state index in [1.807, 2.05) is 6.07 Å². The fourth-order valence-electron chi connectivity index (χ4n) is 2.88. The third-order valence-electron chi connectivity index (χ3n) is 3.99. The van der Waals surface area contributed by atoms with Gasteiger partial charge in [-0.15, -0.1) is 0 Å². The molecule has 2 nitrogen and oxygen atoms in total. The van der Waals surface area contributed by atoms with E-state index in [0.717, 1.165) is 15.9 Å². The van der Waals surface area contributed by atoms with Gasteiger partial charge in [0, 0.05) is 22.2 Å². The molecule has 0 fully saturated rings. The summed E-state index contributed by atoms with van der Waals surface area (Å²) in [6.45, 7) is 0. The van der Waals surface area contributed by atoms with E-state index in [-0.39, 0.29) is 10.9 Å². The fraction of sp³-hybridized carbons (Fsp3) is 0.0526. The summed E-state index contributed by atoms with van der Waals surface area (Å²) in [5.41, 5.74) is 2.36. The zero-order valence-electron chi connectivity index (χ0n) is 12.6. The molecule has 0 radical (unpaired) electrons. The number of hydrogen-bond acceptors (Lipinski definition) is 1. The van der Waals surface area contributed by atoms with E-state index in [1.54, 1.807) is 7.11 Å². The molecule has 0 bridgehead atoms. The van der Waals surface area contributed by atoms with Gasteiger partial charge in [0.05, 0.1) is 17.1 Å². The summed E-state index contributed by atoms with van der Waals surface area (Å²) in [6.07, 6.45) is 6.55. The standard InChI is InChI=1S/C19H16BrNOS/c1-22-18-9-8-14(12-16(18)20)21-13-19(23-10-4-5-11-23)15-6-2-3-7-17(15)21/h2-13,23H,1H3. The molecule has 0 saturated carbocycles. The largest absolute Gasteiger partial charge is 0.496 e. The van der Waals surface area contributed by atoms with Crippen LogP contribution in [-0.4, -0.2) is 11.7 Å². The summed E-state index contributed by atoms with van der Waals surface area (Å²) in [6, 6.07) is 14.8. The van der Waals surface area contributed by atoms with E-state index in [4.69, 9.17) is 4.74 Å². The van der Waals surface area contributed by atoms with E-state index in [1.165, 1.54) is 15.8 Å². The maximum absolute atomic E-state index is 5.34. The lowest BCUT2D eigenvalue weighted by atomic mass is 10.2. The van der Waals surface area contributed by atoms with E-state index >= 15 is 0 Å². The summed E-state index contributed by atoms with van der Waals surface area (Å²) >= 11 is 3.59. The van der Waals surface area contributed by atoms with Crippen LogP contribution in [0.15, 0.2) is 81.0 Å². The van der Waals surface area contributed by atoms with Crippen molar-refractivity contribution in [3.63, 3.8) is 0 Å². The predicted molar refractivity (Wildman–Crippen MR) is 103 cm³/mol. The Labute approximate surface area is 146 Å². The summed E-state index contributed by atoms with van der Waals surface area (Å²) in [4.78, 5) is 1.40. The van der Waals surface area contributed by atoms with Crippen molar-refractivity contribution in [3.05, 3.63) is 76.1 Å². The van der Waals surface area contributed by atoms with Crippen molar-refractivity contribution in [2.24, 2.45) is 0 Å². The van der Waals surface area contributed by atoms with Crippen LogP contribution < -0.4 is 4.74 Å². The molecular formula is C19H16BrNOS. The highest BCUT2D eigenvalue weighted by Gasteiger charge is 2.14. The number of allylic oxidation sites excluding steroid dienone is 2. The number of halogens is 1. The molecule has 116 valence electrons. The maximum Gasteiger partial charge on any atom is 0.133 e.